The summed E-state index contributed by atoms with van der Waals surface area (Å²) in [4.78, 5) is 10.9. The van der Waals surface area contributed by atoms with Crippen molar-refractivity contribution in [2.45, 2.75) is 30.6 Å². The largest absolute Gasteiger partial charge is 0.481 e. The fraction of sp³-hybridized carbons (Fsp3) is 0.500. The van der Waals surface area contributed by atoms with Gasteiger partial charge < -0.3 is 9.84 Å². The number of rotatable bonds is 4. The lowest BCUT2D eigenvalue weighted by Crippen LogP contribution is -2.25. The fourth-order valence-electron chi connectivity index (χ4n) is 2.56. The second-order valence-electron chi connectivity index (χ2n) is 5.21. The quantitative estimate of drug-likeness (QED) is 0.866. The highest BCUT2D eigenvalue weighted by Crippen LogP contribution is 2.51. The number of hydrogen-bond acceptors (Lipinski definition) is 2. The average molecular weight is 232 g/mol. The second kappa shape index (κ2) is 3.84. The Morgan fingerprint density at radius 2 is 2.18 bits per heavy atom. The first-order valence-electron chi connectivity index (χ1n) is 6.10. The number of carboxylic acid groups (broad SMARTS) is 1. The molecule has 0 spiro atoms. The van der Waals surface area contributed by atoms with E-state index in [1.807, 2.05) is 6.07 Å². The molecule has 1 saturated carbocycles. The van der Waals surface area contributed by atoms with Crippen molar-refractivity contribution in [2.75, 3.05) is 13.2 Å². The minimum absolute atomic E-state index is 0.0769. The van der Waals surface area contributed by atoms with Crippen LogP contribution in [0.1, 0.15) is 36.3 Å². The van der Waals surface area contributed by atoms with Crippen molar-refractivity contribution in [1.82, 2.24) is 0 Å². The molecule has 1 aliphatic carbocycles. The van der Waals surface area contributed by atoms with Crippen LogP contribution in [0.2, 0.25) is 0 Å². The maximum atomic E-state index is 10.9. The monoisotopic (exact) mass is 232 g/mol. The molecule has 1 saturated heterocycles. The van der Waals surface area contributed by atoms with Crippen LogP contribution < -0.4 is 0 Å². The maximum absolute atomic E-state index is 10.9. The minimum atomic E-state index is -0.695. The number of ether oxygens (including phenoxy) is 1. The highest BCUT2D eigenvalue weighted by molar-refractivity contribution is 5.70. The summed E-state index contributed by atoms with van der Waals surface area (Å²) in [5, 5.41) is 8.97. The van der Waals surface area contributed by atoms with Crippen molar-refractivity contribution in [3.05, 3.63) is 35.4 Å². The SMILES string of the molecule is O=C(O)CC1(c2cccc(C3COC3)c2)CC1. The molecule has 3 nitrogen and oxygen atoms in total. The predicted octanol–water partition coefficient (Wildman–Crippen LogP) is 2.31. The van der Waals surface area contributed by atoms with Crippen LogP contribution in [0.15, 0.2) is 24.3 Å². The maximum Gasteiger partial charge on any atom is 0.304 e. The summed E-state index contributed by atoms with van der Waals surface area (Å²) in [7, 11) is 0. The van der Waals surface area contributed by atoms with Gasteiger partial charge in [0.25, 0.3) is 0 Å². The molecule has 0 unspecified atom stereocenters. The second-order valence-corrected chi connectivity index (χ2v) is 5.21. The van der Waals surface area contributed by atoms with Crippen LogP contribution in [0.3, 0.4) is 0 Å². The van der Waals surface area contributed by atoms with E-state index in [4.69, 9.17) is 9.84 Å². The molecule has 3 rings (SSSR count). The van der Waals surface area contributed by atoms with Gasteiger partial charge in [-0.1, -0.05) is 24.3 Å². The Hall–Kier alpha value is -1.35. The third-order valence-electron chi connectivity index (χ3n) is 3.95. The van der Waals surface area contributed by atoms with Crippen molar-refractivity contribution in [3.8, 4) is 0 Å². The smallest absolute Gasteiger partial charge is 0.304 e. The molecule has 1 N–H and O–H groups in total. The van der Waals surface area contributed by atoms with E-state index < -0.39 is 5.97 Å². The predicted molar refractivity (Wildman–Crippen MR) is 63.2 cm³/mol. The van der Waals surface area contributed by atoms with Gasteiger partial charge in [0.1, 0.15) is 0 Å². The van der Waals surface area contributed by atoms with Gasteiger partial charge in [0.15, 0.2) is 0 Å². The van der Waals surface area contributed by atoms with Gasteiger partial charge >= 0.3 is 5.97 Å². The topological polar surface area (TPSA) is 46.5 Å². The summed E-state index contributed by atoms with van der Waals surface area (Å²) in [6.07, 6.45) is 2.27. The summed E-state index contributed by atoms with van der Waals surface area (Å²) in [5.74, 6) is -0.185. The molecule has 2 aliphatic rings. The van der Waals surface area contributed by atoms with Crippen molar-refractivity contribution in [1.29, 1.82) is 0 Å². The van der Waals surface area contributed by atoms with Gasteiger partial charge in [0, 0.05) is 11.3 Å². The molecule has 17 heavy (non-hydrogen) atoms. The normalized spacial score (nSPS) is 21.9. The minimum Gasteiger partial charge on any atom is -0.481 e. The molecule has 1 aromatic carbocycles. The van der Waals surface area contributed by atoms with E-state index in [0.717, 1.165) is 26.1 Å². The zero-order chi connectivity index (χ0) is 11.9. The molecular formula is C14H16O3. The van der Waals surface area contributed by atoms with Gasteiger partial charge in [-0.3, -0.25) is 4.79 Å². The van der Waals surface area contributed by atoms with Crippen LogP contribution >= 0.6 is 0 Å². The van der Waals surface area contributed by atoms with E-state index in [2.05, 4.69) is 18.2 Å². The highest BCUT2D eigenvalue weighted by atomic mass is 16.5. The summed E-state index contributed by atoms with van der Waals surface area (Å²) in [6.45, 7) is 1.60. The van der Waals surface area contributed by atoms with E-state index in [9.17, 15) is 4.79 Å². The highest BCUT2D eigenvalue weighted by Gasteiger charge is 2.46. The van der Waals surface area contributed by atoms with E-state index in [-0.39, 0.29) is 11.8 Å². The number of aliphatic carboxylic acids is 1. The first-order chi connectivity index (χ1) is 8.20. The Kier molecular flexibility index (Phi) is 2.44. The fourth-order valence-corrected chi connectivity index (χ4v) is 2.56. The molecule has 1 aliphatic heterocycles. The van der Waals surface area contributed by atoms with Crippen molar-refractivity contribution in [3.63, 3.8) is 0 Å². The van der Waals surface area contributed by atoms with Crippen LogP contribution in [-0.4, -0.2) is 24.3 Å². The zero-order valence-electron chi connectivity index (χ0n) is 9.69. The summed E-state index contributed by atoms with van der Waals surface area (Å²) in [5.41, 5.74) is 2.42. The third-order valence-corrected chi connectivity index (χ3v) is 3.95. The van der Waals surface area contributed by atoms with Crippen molar-refractivity contribution >= 4 is 5.97 Å². The zero-order valence-corrected chi connectivity index (χ0v) is 9.69. The Bertz CT molecular complexity index is 445. The van der Waals surface area contributed by atoms with E-state index >= 15 is 0 Å². The Morgan fingerprint density at radius 3 is 2.71 bits per heavy atom. The molecule has 90 valence electrons. The number of carbonyl (C=O) groups is 1. The van der Waals surface area contributed by atoms with Gasteiger partial charge in [0.05, 0.1) is 19.6 Å². The van der Waals surface area contributed by atoms with Gasteiger partial charge in [-0.25, -0.2) is 0 Å². The molecule has 1 aromatic rings. The molecule has 1 heterocycles. The van der Waals surface area contributed by atoms with Crippen molar-refractivity contribution in [2.24, 2.45) is 0 Å². The average Bonchev–Trinajstić information content (AvgIpc) is 2.96. The molecule has 0 atom stereocenters. The standard InChI is InChI=1S/C14H16O3/c15-13(16)7-14(4-5-14)12-3-1-2-10(6-12)11-8-17-9-11/h1-3,6,11H,4-5,7-9H2,(H,15,16). The first kappa shape index (κ1) is 10.8. The van der Waals surface area contributed by atoms with Crippen LogP contribution in [0, 0.1) is 0 Å². The summed E-state index contributed by atoms with van der Waals surface area (Å²) >= 11 is 0. The first-order valence-corrected chi connectivity index (χ1v) is 6.10. The number of carboxylic acids is 1. The van der Waals surface area contributed by atoms with Crippen LogP contribution in [0.5, 0.6) is 0 Å². The summed E-state index contributed by atoms with van der Waals surface area (Å²) in [6, 6.07) is 8.42. The molecule has 2 fully saturated rings. The molecule has 0 radical (unpaired) electrons. The van der Waals surface area contributed by atoms with E-state index in [1.165, 1.54) is 11.1 Å². The number of hydrogen-bond donors (Lipinski definition) is 1. The van der Waals surface area contributed by atoms with Gasteiger partial charge in [-0.05, 0) is 24.0 Å². The molecule has 3 heteroatoms. The molecule has 0 aromatic heterocycles. The van der Waals surface area contributed by atoms with Gasteiger partial charge in [-0.2, -0.15) is 0 Å². The lowest BCUT2D eigenvalue weighted by molar-refractivity contribution is -0.137. The Balaban J connectivity index is 1.85. The lowest BCUT2D eigenvalue weighted by atomic mass is 9.88. The molecule has 0 bridgehead atoms. The molecular weight excluding hydrogens is 216 g/mol. The van der Waals surface area contributed by atoms with Crippen LogP contribution in [-0.2, 0) is 14.9 Å². The van der Waals surface area contributed by atoms with E-state index in [0.29, 0.717) is 5.92 Å². The van der Waals surface area contributed by atoms with Crippen LogP contribution in [0.25, 0.3) is 0 Å². The van der Waals surface area contributed by atoms with Crippen molar-refractivity contribution < 1.29 is 14.6 Å². The molecule has 0 amide bonds. The van der Waals surface area contributed by atoms with E-state index in [1.54, 1.807) is 0 Å². The number of benzene rings is 1. The third kappa shape index (κ3) is 1.95. The Labute approximate surface area is 100 Å². The lowest BCUT2D eigenvalue weighted by Gasteiger charge is -2.27. The summed E-state index contributed by atoms with van der Waals surface area (Å²) < 4.78 is 5.20. The van der Waals surface area contributed by atoms with Gasteiger partial charge in [-0.15, -0.1) is 0 Å². The van der Waals surface area contributed by atoms with Gasteiger partial charge in [0.2, 0.25) is 0 Å². The Morgan fingerprint density at radius 1 is 1.41 bits per heavy atom. The van der Waals surface area contributed by atoms with Crippen LogP contribution in [0.4, 0.5) is 0 Å².